The first-order valence-electron chi connectivity index (χ1n) is 9.25. The first-order chi connectivity index (χ1) is 14.7. The molecule has 0 radical (unpaired) electrons. The van der Waals surface area contributed by atoms with Crippen LogP contribution in [0.15, 0.2) is 57.6 Å². The first kappa shape index (κ1) is 21.0. The van der Waals surface area contributed by atoms with Gasteiger partial charge in [-0.15, -0.1) is 32.9 Å². The summed E-state index contributed by atoms with van der Waals surface area (Å²) < 4.78 is 0.907. The van der Waals surface area contributed by atoms with Crippen LogP contribution in [-0.2, 0) is 23.4 Å². The van der Waals surface area contributed by atoms with E-state index in [0.717, 1.165) is 38.8 Å². The summed E-state index contributed by atoms with van der Waals surface area (Å²) in [5, 5.41) is 20.4. The second-order valence-corrected chi connectivity index (χ2v) is 10.4. The Hall–Kier alpha value is -2.27. The predicted molar refractivity (Wildman–Crippen MR) is 127 cm³/mol. The molecule has 0 spiro atoms. The fraction of sp³-hybridized carbons (Fsp3) is 0.200. The smallest absolute Gasteiger partial charge is 0.231 e. The third-order valence-electron chi connectivity index (χ3n) is 3.95. The van der Waals surface area contributed by atoms with Crippen molar-refractivity contribution >= 4 is 62.5 Å². The lowest BCUT2D eigenvalue weighted by Gasteiger charge is -2.02. The Balaban J connectivity index is 1.20. The van der Waals surface area contributed by atoms with Gasteiger partial charge in [-0.3, -0.25) is 4.79 Å². The largest absolute Gasteiger partial charge is 0.360 e. The lowest BCUT2D eigenvalue weighted by molar-refractivity contribution is -0.115. The highest BCUT2D eigenvalue weighted by Gasteiger charge is 2.10. The van der Waals surface area contributed by atoms with Gasteiger partial charge in [0, 0.05) is 28.2 Å². The molecule has 0 unspecified atom stereocenters. The van der Waals surface area contributed by atoms with Crippen LogP contribution in [0.1, 0.15) is 15.6 Å². The number of amides is 1. The molecule has 0 bridgehead atoms. The van der Waals surface area contributed by atoms with Crippen LogP contribution in [0.5, 0.6) is 0 Å². The molecule has 0 aliphatic rings. The number of aromatic nitrogens is 3. The Morgan fingerprint density at radius 1 is 1.07 bits per heavy atom. The number of hydrogen-bond acceptors (Lipinski definition) is 9. The molecule has 2 N–H and O–H groups in total. The van der Waals surface area contributed by atoms with Gasteiger partial charge < -0.3 is 10.6 Å². The number of hydrogen-bond donors (Lipinski definition) is 2. The highest BCUT2D eigenvalue weighted by molar-refractivity contribution is 8.00. The lowest BCUT2D eigenvalue weighted by Crippen LogP contribution is -2.14. The van der Waals surface area contributed by atoms with Crippen LogP contribution in [-0.4, -0.2) is 27.6 Å². The first-order valence-corrected chi connectivity index (χ1v) is 12.8. The summed E-state index contributed by atoms with van der Waals surface area (Å²) in [7, 11) is 0. The van der Waals surface area contributed by atoms with Gasteiger partial charge >= 0.3 is 0 Å². The van der Waals surface area contributed by atoms with Crippen LogP contribution < -0.4 is 10.6 Å². The van der Waals surface area contributed by atoms with Crippen LogP contribution in [0.4, 0.5) is 10.8 Å². The van der Waals surface area contributed by atoms with Crippen molar-refractivity contribution in [3.05, 3.63) is 68.8 Å². The zero-order chi connectivity index (χ0) is 20.6. The number of nitrogens with zero attached hydrogens (tertiary/aromatic N) is 3. The van der Waals surface area contributed by atoms with Gasteiger partial charge in [0.1, 0.15) is 5.01 Å². The molecule has 4 aromatic rings. The van der Waals surface area contributed by atoms with Gasteiger partial charge in [-0.2, -0.15) is 0 Å². The maximum atomic E-state index is 12.2. The van der Waals surface area contributed by atoms with Crippen molar-refractivity contribution in [3.8, 4) is 0 Å². The van der Waals surface area contributed by atoms with Crippen molar-refractivity contribution < 1.29 is 4.79 Å². The SMILES string of the molecule is O=C(Cc1nc(CSc2nnc(NCCc3cccs3)s2)cs1)Nc1ccccc1. The molecule has 10 heteroatoms. The van der Waals surface area contributed by atoms with Crippen LogP contribution in [0, 0.1) is 0 Å². The van der Waals surface area contributed by atoms with Crippen LogP contribution in [0.25, 0.3) is 0 Å². The molecular formula is C20H19N5OS4. The minimum atomic E-state index is -0.0582. The number of thiazole rings is 1. The summed E-state index contributed by atoms with van der Waals surface area (Å²) in [4.78, 5) is 18.1. The zero-order valence-electron chi connectivity index (χ0n) is 15.9. The molecule has 0 aliphatic carbocycles. The van der Waals surface area contributed by atoms with E-state index in [4.69, 9.17) is 0 Å². The monoisotopic (exact) mass is 473 g/mol. The van der Waals surface area contributed by atoms with E-state index in [1.807, 2.05) is 35.7 Å². The summed E-state index contributed by atoms with van der Waals surface area (Å²) >= 11 is 6.44. The van der Waals surface area contributed by atoms with Gasteiger partial charge in [0.15, 0.2) is 4.34 Å². The average molecular weight is 474 g/mol. The Morgan fingerprint density at radius 2 is 1.97 bits per heavy atom. The molecule has 0 aliphatic heterocycles. The van der Waals surface area contributed by atoms with Gasteiger partial charge in [-0.25, -0.2) is 4.98 Å². The Morgan fingerprint density at radius 3 is 2.80 bits per heavy atom. The maximum absolute atomic E-state index is 12.2. The minimum absolute atomic E-state index is 0.0582. The fourth-order valence-corrected chi connectivity index (χ4v) is 5.86. The molecule has 0 fully saturated rings. The third-order valence-corrected chi connectivity index (χ3v) is 7.83. The predicted octanol–water partition coefficient (Wildman–Crippen LogP) is 5.18. The number of carbonyl (C=O) groups is 1. The normalized spacial score (nSPS) is 10.8. The van der Waals surface area contributed by atoms with Gasteiger partial charge in [0.2, 0.25) is 11.0 Å². The molecule has 3 heterocycles. The van der Waals surface area contributed by atoms with E-state index in [9.17, 15) is 4.79 Å². The van der Waals surface area contributed by atoms with E-state index in [2.05, 4.69) is 43.3 Å². The number of anilines is 2. The molecule has 154 valence electrons. The summed E-state index contributed by atoms with van der Waals surface area (Å²) in [5.74, 6) is 0.651. The summed E-state index contributed by atoms with van der Waals surface area (Å²) in [6, 6.07) is 13.7. The van der Waals surface area contributed by atoms with Crippen molar-refractivity contribution in [1.29, 1.82) is 0 Å². The minimum Gasteiger partial charge on any atom is -0.360 e. The van der Waals surface area contributed by atoms with Crippen LogP contribution in [0.3, 0.4) is 0 Å². The molecule has 1 aromatic carbocycles. The second kappa shape index (κ2) is 10.7. The number of rotatable bonds is 10. The van der Waals surface area contributed by atoms with Gasteiger partial charge in [-0.05, 0) is 30.0 Å². The van der Waals surface area contributed by atoms with Gasteiger partial charge in [0.05, 0.1) is 12.1 Å². The Kier molecular flexibility index (Phi) is 7.46. The standard InChI is InChI=1S/C20H19N5OS4/c26-17(22-14-5-2-1-3-6-14)11-18-23-15(12-28-18)13-29-20-25-24-19(30-20)21-9-8-16-7-4-10-27-16/h1-7,10,12H,8-9,11,13H2,(H,21,24)(H,22,26). The number of nitrogens with one attached hydrogen (secondary N) is 2. The molecule has 1 amide bonds. The number of carbonyl (C=O) groups excluding carboxylic acids is 1. The molecule has 3 aromatic heterocycles. The molecule has 30 heavy (non-hydrogen) atoms. The summed E-state index contributed by atoms with van der Waals surface area (Å²) in [5.41, 5.74) is 1.75. The zero-order valence-corrected chi connectivity index (χ0v) is 19.2. The summed E-state index contributed by atoms with van der Waals surface area (Å²) in [6.07, 6.45) is 1.26. The number of para-hydroxylation sites is 1. The van der Waals surface area contributed by atoms with Crippen molar-refractivity contribution in [1.82, 2.24) is 15.2 Å². The van der Waals surface area contributed by atoms with Crippen molar-refractivity contribution in [2.45, 2.75) is 22.9 Å². The fourth-order valence-electron chi connectivity index (χ4n) is 2.58. The van der Waals surface area contributed by atoms with E-state index in [0.29, 0.717) is 5.75 Å². The van der Waals surface area contributed by atoms with Crippen LogP contribution >= 0.6 is 45.8 Å². The van der Waals surface area contributed by atoms with Crippen molar-refractivity contribution in [2.24, 2.45) is 0 Å². The molecule has 0 saturated carbocycles. The van der Waals surface area contributed by atoms with Crippen LogP contribution in [0.2, 0.25) is 0 Å². The van der Waals surface area contributed by atoms with Crippen molar-refractivity contribution in [2.75, 3.05) is 17.2 Å². The highest BCUT2D eigenvalue weighted by Crippen LogP contribution is 2.28. The number of thiophene rings is 1. The van der Waals surface area contributed by atoms with Gasteiger partial charge in [0.25, 0.3) is 0 Å². The molecule has 4 rings (SSSR count). The number of benzene rings is 1. The van der Waals surface area contributed by atoms with E-state index < -0.39 is 0 Å². The lowest BCUT2D eigenvalue weighted by atomic mass is 10.3. The second-order valence-electron chi connectivity index (χ2n) is 6.24. The molecule has 6 nitrogen and oxygen atoms in total. The Labute approximate surface area is 190 Å². The van der Waals surface area contributed by atoms with Gasteiger partial charge in [-0.1, -0.05) is 47.4 Å². The summed E-state index contributed by atoms with van der Waals surface area (Å²) in [6.45, 7) is 0.848. The van der Waals surface area contributed by atoms with E-state index in [1.54, 1.807) is 34.4 Å². The van der Waals surface area contributed by atoms with Crippen molar-refractivity contribution in [3.63, 3.8) is 0 Å². The molecule has 0 atom stereocenters. The highest BCUT2D eigenvalue weighted by atomic mass is 32.2. The quantitative estimate of drug-likeness (QED) is 0.309. The Bertz CT molecular complexity index is 1060. The molecule has 0 saturated heterocycles. The number of thioether (sulfide) groups is 1. The maximum Gasteiger partial charge on any atom is 0.231 e. The average Bonchev–Trinajstić information content (AvgIpc) is 3.50. The van der Waals surface area contributed by atoms with E-state index in [1.165, 1.54) is 16.2 Å². The third kappa shape index (κ3) is 6.36. The van der Waals surface area contributed by atoms with E-state index in [-0.39, 0.29) is 12.3 Å². The topological polar surface area (TPSA) is 79.8 Å². The molecular weight excluding hydrogens is 455 g/mol. The van der Waals surface area contributed by atoms with E-state index >= 15 is 0 Å².